The largest absolute Gasteiger partial charge is 0.330 e. The Morgan fingerprint density at radius 2 is 1.86 bits per heavy atom. The molecule has 0 spiro atoms. The maximum atomic E-state index is 12.6. The zero-order valence-electron chi connectivity index (χ0n) is 16.6. The first-order chi connectivity index (χ1) is 13.5. The molecule has 2 aromatic carbocycles. The molecule has 2 aromatic rings. The molecule has 0 saturated carbocycles. The van der Waals surface area contributed by atoms with Crippen LogP contribution in [0.25, 0.3) is 0 Å². The lowest BCUT2D eigenvalue weighted by molar-refractivity contribution is 0.575. The molecule has 1 unspecified atom stereocenters. The molecule has 0 radical (unpaired) electrons. The van der Waals surface area contributed by atoms with E-state index in [0.29, 0.717) is 5.56 Å². The molecule has 3 nitrogen and oxygen atoms in total. The van der Waals surface area contributed by atoms with Crippen molar-refractivity contribution in [3.8, 4) is 6.07 Å². The zero-order valence-corrected chi connectivity index (χ0v) is 16.6. The molecule has 0 amide bonds. The Bertz CT molecular complexity index is 785. The second-order valence-corrected chi connectivity index (χ2v) is 7.45. The predicted octanol–water partition coefficient (Wildman–Crippen LogP) is 4.44. The van der Waals surface area contributed by atoms with E-state index in [4.69, 9.17) is 11.0 Å². The van der Waals surface area contributed by atoms with Gasteiger partial charge in [0, 0.05) is 0 Å². The topological polar surface area (TPSA) is 61.8 Å². The summed E-state index contributed by atoms with van der Waals surface area (Å²) in [5, 5.41) is 11.5. The van der Waals surface area contributed by atoms with Crippen LogP contribution in [0.15, 0.2) is 36.4 Å². The van der Waals surface area contributed by atoms with Crippen LogP contribution < -0.4 is 11.1 Å². The van der Waals surface area contributed by atoms with Crippen LogP contribution in [0.2, 0.25) is 0 Å². The average molecular weight is 386 g/mol. The van der Waals surface area contributed by atoms with E-state index in [0.717, 1.165) is 37.1 Å². The Morgan fingerprint density at radius 3 is 2.36 bits per heavy atom. The molecule has 1 aliphatic carbocycles. The first kappa shape index (κ1) is 22.0. The fourth-order valence-corrected chi connectivity index (χ4v) is 3.49. The predicted molar refractivity (Wildman–Crippen MR) is 109 cm³/mol. The lowest BCUT2D eigenvalue weighted by atomic mass is 10.0. The van der Waals surface area contributed by atoms with E-state index in [9.17, 15) is 8.78 Å². The summed E-state index contributed by atoms with van der Waals surface area (Å²) < 4.78 is 25.3. The number of aryl methyl sites for hydroxylation is 2. The van der Waals surface area contributed by atoms with E-state index >= 15 is 0 Å². The number of hydrogen-bond acceptors (Lipinski definition) is 3. The number of nitrogens with zero attached hydrogens (tertiary/aromatic N) is 1. The highest BCUT2D eigenvalue weighted by Crippen LogP contribution is 2.31. The molecule has 1 aliphatic heterocycles. The van der Waals surface area contributed by atoms with Crippen molar-refractivity contribution < 1.29 is 8.78 Å². The Hall–Kier alpha value is -2.29. The molecule has 150 valence electrons. The van der Waals surface area contributed by atoms with Crippen molar-refractivity contribution in [1.29, 1.82) is 5.26 Å². The van der Waals surface area contributed by atoms with E-state index < -0.39 is 17.2 Å². The number of hydrogen-bond donors (Lipinski definition) is 2. The van der Waals surface area contributed by atoms with Gasteiger partial charge in [0.2, 0.25) is 0 Å². The summed E-state index contributed by atoms with van der Waals surface area (Å²) in [6.45, 7) is 7.03. The Kier molecular flexibility index (Phi) is 8.56. The van der Waals surface area contributed by atoms with E-state index in [-0.39, 0.29) is 0 Å². The summed E-state index contributed by atoms with van der Waals surface area (Å²) >= 11 is 0. The number of benzene rings is 2. The third-order valence-corrected chi connectivity index (χ3v) is 5.23. The van der Waals surface area contributed by atoms with Crippen molar-refractivity contribution in [3.63, 3.8) is 0 Å². The first-order valence-electron chi connectivity index (χ1n) is 9.80. The minimum Gasteiger partial charge on any atom is -0.330 e. The third kappa shape index (κ3) is 6.12. The SMILES string of the molecule is CC1CCc2ccccc21.Cc1cc(F)c(C#N)c(F)c1.NC[C@H]1CCNC1. The third-order valence-electron chi connectivity index (χ3n) is 5.23. The quantitative estimate of drug-likeness (QED) is 0.763. The monoisotopic (exact) mass is 385 g/mol. The number of nitrogens with two attached hydrogens (primary N) is 1. The number of nitrogens with one attached hydrogen (secondary N) is 1. The second kappa shape index (κ2) is 10.9. The molecular formula is C23H29F2N3. The second-order valence-electron chi connectivity index (χ2n) is 7.45. The molecule has 0 aromatic heterocycles. The van der Waals surface area contributed by atoms with Crippen molar-refractivity contribution in [2.75, 3.05) is 19.6 Å². The van der Waals surface area contributed by atoms with Gasteiger partial charge in [0.25, 0.3) is 0 Å². The molecule has 2 atom stereocenters. The smallest absolute Gasteiger partial charge is 0.144 e. The molecule has 28 heavy (non-hydrogen) atoms. The molecule has 5 heteroatoms. The molecule has 1 heterocycles. The number of halogens is 2. The molecule has 1 saturated heterocycles. The van der Waals surface area contributed by atoms with Crippen molar-refractivity contribution in [2.24, 2.45) is 11.7 Å². The van der Waals surface area contributed by atoms with Crippen LogP contribution >= 0.6 is 0 Å². The van der Waals surface area contributed by atoms with Gasteiger partial charge in [0.05, 0.1) is 0 Å². The van der Waals surface area contributed by atoms with Gasteiger partial charge in [0.1, 0.15) is 23.3 Å². The van der Waals surface area contributed by atoms with Crippen LogP contribution in [-0.4, -0.2) is 19.6 Å². The number of fused-ring (bicyclic) bond motifs is 1. The Morgan fingerprint density at radius 1 is 1.18 bits per heavy atom. The van der Waals surface area contributed by atoms with Crippen molar-refractivity contribution >= 4 is 0 Å². The summed E-state index contributed by atoms with van der Waals surface area (Å²) in [7, 11) is 0. The lowest BCUT2D eigenvalue weighted by Gasteiger charge is -2.01. The molecular weight excluding hydrogens is 356 g/mol. The molecule has 4 rings (SSSR count). The zero-order chi connectivity index (χ0) is 20.5. The normalized spacial score (nSPS) is 19.6. The van der Waals surface area contributed by atoms with Gasteiger partial charge >= 0.3 is 0 Å². The summed E-state index contributed by atoms with van der Waals surface area (Å²) in [5.41, 5.74) is 8.48. The van der Waals surface area contributed by atoms with E-state index in [1.807, 2.05) is 0 Å². The van der Waals surface area contributed by atoms with Crippen LogP contribution in [-0.2, 0) is 6.42 Å². The van der Waals surface area contributed by atoms with Crippen molar-refractivity contribution in [3.05, 3.63) is 70.3 Å². The van der Waals surface area contributed by atoms with Crippen molar-refractivity contribution in [1.82, 2.24) is 5.32 Å². The van der Waals surface area contributed by atoms with Gasteiger partial charge in [-0.25, -0.2) is 8.78 Å². The molecule has 1 fully saturated rings. The first-order valence-corrected chi connectivity index (χ1v) is 9.80. The maximum absolute atomic E-state index is 12.6. The van der Waals surface area contributed by atoms with Crippen LogP contribution in [0.5, 0.6) is 0 Å². The minimum absolute atomic E-state index is 0.471. The van der Waals surface area contributed by atoms with Gasteiger partial charge in [-0.3, -0.25) is 0 Å². The van der Waals surface area contributed by atoms with Gasteiger partial charge in [-0.1, -0.05) is 31.2 Å². The van der Waals surface area contributed by atoms with Gasteiger partial charge in [-0.15, -0.1) is 0 Å². The van der Waals surface area contributed by atoms with Gasteiger partial charge in [0.15, 0.2) is 0 Å². The van der Waals surface area contributed by atoms with E-state index in [2.05, 4.69) is 36.5 Å². The van der Waals surface area contributed by atoms with Crippen LogP contribution in [0.4, 0.5) is 8.78 Å². The summed E-state index contributed by atoms with van der Waals surface area (Å²) in [5.74, 6) is -0.0359. The van der Waals surface area contributed by atoms with Gasteiger partial charge < -0.3 is 11.1 Å². The highest BCUT2D eigenvalue weighted by Gasteiger charge is 2.16. The van der Waals surface area contributed by atoms with Crippen LogP contribution in [0.3, 0.4) is 0 Å². The van der Waals surface area contributed by atoms with Crippen LogP contribution in [0, 0.1) is 35.8 Å². The average Bonchev–Trinajstić information content (AvgIpc) is 3.33. The highest BCUT2D eigenvalue weighted by atomic mass is 19.1. The van der Waals surface area contributed by atoms with Gasteiger partial charge in [-0.2, -0.15) is 5.26 Å². The number of nitriles is 1. The van der Waals surface area contributed by atoms with E-state index in [1.54, 1.807) is 18.1 Å². The van der Waals surface area contributed by atoms with Crippen LogP contribution in [0.1, 0.15) is 47.9 Å². The maximum Gasteiger partial charge on any atom is 0.144 e. The minimum atomic E-state index is -0.801. The molecule has 2 aliphatic rings. The highest BCUT2D eigenvalue weighted by molar-refractivity contribution is 5.35. The van der Waals surface area contributed by atoms with Crippen molar-refractivity contribution in [2.45, 2.75) is 39.0 Å². The number of rotatable bonds is 1. The molecule has 3 N–H and O–H groups in total. The standard InChI is InChI=1S/C10H12.C8H5F2N.C5H12N2/c1-8-6-7-9-4-2-3-5-10(8)9;1-5-2-7(9)6(4-11)8(10)3-5;6-3-5-1-2-7-4-5/h2-5,8H,6-7H2,1H3;2-3H,1H3;5,7H,1-4,6H2/t;;5-/m..1/s1. The summed E-state index contributed by atoms with van der Waals surface area (Å²) in [6, 6.07) is 12.5. The fraction of sp³-hybridized carbons (Fsp3) is 0.435. The van der Waals surface area contributed by atoms with Gasteiger partial charge in [-0.05, 0) is 86.5 Å². The Balaban J connectivity index is 0.000000154. The molecule has 0 bridgehead atoms. The fourth-order valence-electron chi connectivity index (χ4n) is 3.49. The Labute approximate surface area is 166 Å². The lowest BCUT2D eigenvalue weighted by Crippen LogP contribution is -2.16. The summed E-state index contributed by atoms with van der Waals surface area (Å²) in [6.07, 6.45) is 3.91. The summed E-state index contributed by atoms with van der Waals surface area (Å²) in [4.78, 5) is 0. The van der Waals surface area contributed by atoms with E-state index in [1.165, 1.54) is 31.9 Å².